The third-order valence-corrected chi connectivity index (χ3v) is 6.42. The molecule has 7 nitrogen and oxygen atoms in total. The molecule has 4 heterocycles. The van der Waals surface area contributed by atoms with Gasteiger partial charge in [0.15, 0.2) is 11.4 Å². The molecule has 2 aromatic heterocycles. The number of benzene rings is 1. The van der Waals surface area contributed by atoms with Crippen LogP contribution in [0.1, 0.15) is 37.6 Å². The third-order valence-electron chi connectivity index (χ3n) is 6.42. The average molecular weight is 394 g/mol. The molecule has 0 saturated carbocycles. The van der Waals surface area contributed by atoms with E-state index in [1.165, 1.54) is 0 Å². The molecule has 0 unspecified atom stereocenters. The lowest BCUT2D eigenvalue weighted by molar-refractivity contribution is 0.0975. The summed E-state index contributed by atoms with van der Waals surface area (Å²) in [5.74, 6) is 0.802. The highest BCUT2D eigenvalue weighted by atomic mass is 16.5. The van der Waals surface area contributed by atoms with E-state index in [-0.39, 0.29) is 6.61 Å². The molecule has 29 heavy (non-hydrogen) atoms. The minimum atomic E-state index is -0.137. The summed E-state index contributed by atoms with van der Waals surface area (Å²) < 4.78 is 11.1. The summed E-state index contributed by atoms with van der Waals surface area (Å²) in [4.78, 5) is 11.9. The van der Waals surface area contributed by atoms with Crippen molar-refractivity contribution in [1.29, 1.82) is 0 Å². The van der Waals surface area contributed by atoms with E-state index >= 15 is 0 Å². The van der Waals surface area contributed by atoms with E-state index in [4.69, 9.17) is 19.2 Å². The fourth-order valence-corrected chi connectivity index (χ4v) is 4.77. The quantitative estimate of drug-likeness (QED) is 0.728. The van der Waals surface area contributed by atoms with Gasteiger partial charge in [0.05, 0.1) is 36.9 Å². The molecule has 152 valence electrons. The number of anilines is 1. The SMILES string of the molecule is Cc1nc(N2CCC3(CC2)CO[C@@H](C)C3)c(CO)nc1-c1ccc2cnoc2c1. The smallest absolute Gasteiger partial charge is 0.167 e. The van der Waals surface area contributed by atoms with E-state index in [1.807, 2.05) is 25.1 Å². The minimum absolute atomic E-state index is 0.137. The van der Waals surface area contributed by atoms with Gasteiger partial charge in [0.25, 0.3) is 0 Å². The maximum absolute atomic E-state index is 10.0. The Bertz CT molecular complexity index is 1040. The van der Waals surface area contributed by atoms with Gasteiger partial charge in [-0.15, -0.1) is 0 Å². The van der Waals surface area contributed by atoms with Crippen molar-refractivity contribution in [2.45, 2.75) is 45.8 Å². The summed E-state index contributed by atoms with van der Waals surface area (Å²) in [5.41, 5.74) is 4.17. The van der Waals surface area contributed by atoms with Gasteiger partial charge in [-0.2, -0.15) is 0 Å². The molecule has 1 spiro atoms. The Morgan fingerprint density at radius 3 is 2.79 bits per heavy atom. The van der Waals surface area contributed by atoms with Gasteiger partial charge in [0, 0.05) is 24.0 Å². The number of hydrogen-bond acceptors (Lipinski definition) is 7. The van der Waals surface area contributed by atoms with Gasteiger partial charge in [-0.25, -0.2) is 9.97 Å². The van der Waals surface area contributed by atoms with Crippen LogP contribution >= 0.6 is 0 Å². The first kappa shape index (κ1) is 18.5. The van der Waals surface area contributed by atoms with Crippen LogP contribution in [0.15, 0.2) is 28.9 Å². The summed E-state index contributed by atoms with van der Waals surface area (Å²) in [7, 11) is 0. The fraction of sp³-hybridized carbons (Fsp3) is 0.500. The van der Waals surface area contributed by atoms with E-state index in [2.05, 4.69) is 17.0 Å². The summed E-state index contributed by atoms with van der Waals surface area (Å²) >= 11 is 0. The second kappa shape index (κ2) is 7.07. The van der Waals surface area contributed by atoms with Gasteiger partial charge in [0.2, 0.25) is 0 Å². The van der Waals surface area contributed by atoms with Crippen LogP contribution in [0.4, 0.5) is 5.82 Å². The van der Waals surface area contributed by atoms with Crippen LogP contribution in [0.5, 0.6) is 0 Å². The number of piperidine rings is 1. The molecular formula is C22H26N4O3. The Hall–Kier alpha value is -2.51. The molecule has 2 fully saturated rings. The summed E-state index contributed by atoms with van der Waals surface area (Å²) in [6.07, 6.45) is 5.37. The molecule has 1 N–H and O–H groups in total. The maximum Gasteiger partial charge on any atom is 0.167 e. The molecule has 7 heteroatoms. The van der Waals surface area contributed by atoms with E-state index in [1.54, 1.807) is 6.20 Å². The Labute approximate surface area is 169 Å². The average Bonchev–Trinajstić information content (AvgIpc) is 3.34. The van der Waals surface area contributed by atoms with Crippen LogP contribution in [0.25, 0.3) is 22.2 Å². The standard InChI is InChI=1S/C22H26N4O3/c1-14-10-22(13-28-14)5-7-26(8-6-22)21-18(12-27)25-20(15(2)24-21)16-3-4-17-11-23-29-19(17)9-16/h3-4,9,11,14,27H,5-8,10,12-13H2,1-2H3/t14-/m0/s1. The highest BCUT2D eigenvalue weighted by molar-refractivity contribution is 5.82. The molecule has 2 saturated heterocycles. The normalized spacial score (nSPS) is 21.3. The number of ether oxygens (including phenoxy) is 1. The number of aryl methyl sites for hydroxylation is 1. The summed E-state index contributed by atoms with van der Waals surface area (Å²) in [6.45, 7) is 6.69. The number of rotatable bonds is 3. The van der Waals surface area contributed by atoms with Crippen molar-refractivity contribution in [3.63, 3.8) is 0 Å². The van der Waals surface area contributed by atoms with E-state index < -0.39 is 0 Å². The topological polar surface area (TPSA) is 84.5 Å². The second-order valence-corrected chi connectivity index (χ2v) is 8.48. The van der Waals surface area contributed by atoms with Gasteiger partial charge in [-0.1, -0.05) is 11.2 Å². The molecule has 0 radical (unpaired) electrons. The highest BCUT2D eigenvalue weighted by Gasteiger charge is 2.41. The van der Waals surface area contributed by atoms with Crippen LogP contribution in [-0.2, 0) is 11.3 Å². The molecule has 3 aromatic rings. The predicted octanol–water partition coefficient (Wildman–Crippen LogP) is 3.48. The Kier molecular flexibility index (Phi) is 4.52. The van der Waals surface area contributed by atoms with Crippen molar-refractivity contribution < 1.29 is 14.4 Å². The molecule has 0 amide bonds. The minimum Gasteiger partial charge on any atom is -0.390 e. The third kappa shape index (κ3) is 3.28. The summed E-state index contributed by atoms with van der Waals surface area (Å²) in [5, 5.41) is 14.8. The first-order chi connectivity index (χ1) is 14.1. The van der Waals surface area contributed by atoms with E-state index in [9.17, 15) is 5.11 Å². The van der Waals surface area contributed by atoms with Gasteiger partial charge in [-0.05, 0) is 50.7 Å². The van der Waals surface area contributed by atoms with Crippen LogP contribution in [0, 0.1) is 12.3 Å². The van der Waals surface area contributed by atoms with Crippen LogP contribution in [-0.4, -0.2) is 46.0 Å². The van der Waals surface area contributed by atoms with Crippen molar-refractivity contribution in [3.8, 4) is 11.3 Å². The second-order valence-electron chi connectivity index (χ2n) is 8.48. The van der Waals surface area contributed by atoms with Crippen molar-refractivity contribution in [2.24, 2.45) is 5.41 Å². The zero-order valence-electron chi connectivity index (χ0n) is 16.9. The molecule has 0 bridgehead atoms. The zero-order valence-corrected chi connectivity index (χ0v) is 16.9. The monoisotopic (exact) mass is 394 g/mol. The Morgan fingerprint density at radius 2 is 2.07 bits per heavy atom. The molecule has 1 atom stereocenters. The molecule has 5 rings (SSSR count). The molecule has 1 aromatic carbocycles. The summed E-state index contributed by atoms with van der Waals surface area (Å²) in [6, 6.07) is 5.87. The zero-order chi connectivity index (χ0) is 20.0. The lowest BCUT2D eigenvalue weighted by Crippen LogP contribution is -2.41. The predicted molar refractivity (Wildman–Crippen MR) is 110 cm³/mol. The lowest BCUT2D eigenvalue weighted by Gasteiger charge is -2.39. The molecular weight excluding hydrogens is 368 g/mol. The first-order valence-electron chi connectivity index (χ1n) is 10.3. The number of fused-ring (bicyclic) bond motifs is 1. The highest BCUT2D eigenvalue weighted by Crippen LogP contribution is 2.42. The van der Waals surface area contributed by atoms with Crippen LogP contribution in [0.3, 0.4) is 0 Å². The number of hydrogen-bond donors (Lipinski definition) is 1. The van der Waals surface area contributed by atoms with Gasteiger partial charge >= 0.3 is 0 Å². The fourth-order valence-electron chi connectivity index (χ4n) is 4.77. The number of aliphatic hydroxyl groups is 1. The molecule has 2 aliphatic rings. The van der Waals surface area contributed by atoms with Gasteiger partial charge in [-0.3, -0.25) is 0 Å². The van der Waals surface area contributed by atoms with Gasteiger partial charge in [0.1, 0.15) is 5.69 Å². The molecule has 0 aliphatic carbocycles. The lowest BCUT2D eigenvalue weighted by atomic mass is 9.77. The van der Waals surface area contributed by atoms with E-state index in [0.717, 1.165) is 67.1 Å². The maximum atomic E-state index is 10.0. The van der Waals surface area contributed by atoms with Crippen LogP contribution in [0.2, 0.25) is 0 Å². The van der Waals surface area contributed by atoms with Gasteiger partial charge < -0.3 is 19.3 Å². The number of aliphatic hydroxyl groups excluding tert-OH is 1. The van der Waals surface area contributed by atoms with Crippen molar-refractivity contribution in [1.82, 2.24) is 15.1 Å². The Balaban J connectivity index is 1.43. The van der Waals surface area contributed by atoms with Crippen molar-refractivity contribution in [3.05, 3.63) is 35.8 Å². The Morgan fingerprint density at radius 1 is 1.24 bits per heavy atom. The molecule has 2 aliphatic heterocycles. The largest absolute Gasteiger partial charge is 0.390 e. The van der Waals surface area contributed by atoms with Crippen molar-refractivity contribution >= 4 is 16.8 Å². The van der Waals surface area contributed by atoms with E-state index in [0.29, 0.717) is 22.8 Å². The number of nitrogens with zero attached hydrogens (tertiary/aromatic N) is 4. The first-order valence-corrected chi connectivity index (χ1v) is 10.3. The van der Waals surface area contributed by atoms with Crippen LogP contribution < -0.4 is 4.90 Å². The number of aromatic nitrogens is 3. The van der Waals surface area contributed by atoms with Crippen molar-refractivity contribution in [2.75, 3.05) is 24.6 Å².